The maximum Gasteiger partial charge on any atom is 0.315 e. The van der Waals surface area contributed by atoms with E-state index in [1.165, 1.54) is 32.1 Å². The van der Waals surface area contributed by atoms with Crippen molar-refractivity contribution in [3.8, 4) is 5.75 Å². The standard InChI is InChI=1S/C30H46N6O4/c1-4-20-40-30(24-8-6-5-7-9-24)15-18-36(19-16-30)28(37)27(21-23-10-12-26(39-3)13-11-23)32-29(38)31-17-14-25-22-35(2)34-33-25/h10-13,22,24,27H,4-9,14-21H2,1-3H3,(H2,31,32,38)/t27-/m1/s1. The average molecular weight is 555 g/mol. The molecule has 0 unspecified atom stereocenters. The summed E-state index contributed by atoms with van der Waals surface area (Å²) in [6, 6.07) is 6.59. The lowest BCUT2D eigenvalue weighted by molar-refractivity contribution is -0.149. The van der Waals surface area contributed by atoms with Gasteiger partial charge in [0.15, 0.2) is 0 Å². The molecule has 0 spiro atoms. The van der Waals surface area contributed by atoms with Crippen molar-refractivity contribution in [1.82, 2.24) is 30.5 Å². The number of aryl methyl sites for hydroxylation is 1. The van der Waals surface area contributed by atoms with Gasteiger partial charge in [-0.05, 0) is 55.7 Å². The van der Waals surface area contributed by atoms with Gasteiger partial charge in [0.1, 0.15) is 11.8 Å². The Morgan fingerprint density at radius 2 is 1.85 bits per heavy atom. The first-order valence-corrected chi connectivity index (χ1v) is 14.9. The molecule has 1 saturated heterocycles. The van der Waals surface area contributed by atoms with Gasteiger partial charge in [-0.3, -0.25) is 9.48 Å². The van der Waals surface area contributed by atoms with Crippen LogP contribution in [-0.2, 0) is 29.4 Å². The third kappa shape index (κ3) is 7.96. The molecule has 2 aromatic rings. The Hall–Kier alpha value is -3.14. The Balaban J connectivity index is 1.40. The Bertz CT molecular complexity index is 1070. The number of rotatable bonds is 12. The molecule has 3 amide bonds. The highest BCUT2D eigenvalue weighted by molar-refractivity contribution is 5.87. The van der Waals surface area contributed by atoms with Crippen LogP contribution in [0.4, 0.5) is 4.79 Å². The van der Waals surface area contributed by atoms with Crippen molar-refractivity contribution < 1.29 is 19.1 Å². The summed E-state index contributed by atoms with van der Waals surface area (Å²) in [6.45, 7) is 4.61. The van der Waals surface area contributed by atoms with E-state index in [2.05, 4.69) is 27.9 Å². The highest BCUT2D eigenvalue weighted by Gasteiger charge is 2.44. The number of carbonyl (C=O) groups excluding carboxylic acids is 2. The molecule has 1 aliphatic heterocycles. The van der Waals surface area contributed by atoms with Crippen LogP contribution in [0.2, 0.25) is 0 Å². The van der Waals surface area contributed by atoms with E-state index in [1.807, 2.05) is 42.4 Å². The first-order chi connectivity index (χ1) is 19.4. The van der Waals surface area contributed by atoms with Crippen LogP contribution in [0.3, 0.4) is 0 Å². The summed E-state index contributed by atoms with van der Waals surface area (Å²) in [5.74, 6) is 1.27. The van der Waals surface area contributed by atoms with Gasteiger partial charge in [-0.2, -0.15) is 0 Å². The number of nitrogens with one attached hydrogen (secondary N) is 2. The first kappa shape index (κ1) is 29.8. The lowest BCUT2D eigenvalue weighted by atomic mass is 9.72. The fraction of sp³-hybridized carbons (Fsp3) is 0.667. The Kier molecular flexibility index (Phi) is 10.8. The smallest absolute Gasteiger partial charge is 0.315 e. The number of benzene rings is 1. The number of amides is 3. The summed E-state index contributed by atoms with van der Waals surface area (Å²) < 4.78 is 13.5. The second-order valence-corrected chi connectivity index (χ2v) is 11.2. The number of ether oxygens (including phenoxy) is 2. The molecule has 1 aliphatic carbocycles. The van der Waals surface area contributed by atoms with E-state index in [9.17, 15) is 9.59 Å². The zero-order valence-electron chi connectivity index (χ0n) is 24.4. The monoisotopic (exact) mass is 554 g/mol. The summed E-state index contributed by atoms with van der Waals surface area (Å²) in [4.78, 5) is 28.7. The van der Waals surface area contributed by atoms with E-state index in [0.29, 0.717) is 38.4 Å². The molecule has 2 heterocycles. The van der Waals surface area contributed by atoms with Gasteiger partial charge in [0, 0.05) is 52.3 Å². The molecule has 40 heavy (non-hydrogen) atoms. The van der Waals surface area contributed by atoms with Crippen molar-refractivity contribution in [3.63, 3.8) is 0 Å². The molecular weight excluding hydrogens is 508 g/mol. The second-order valence-electron chi connectivity index (χ2n) is 11.2. The molecule has 0 bridgehead atoms. The van der Waals surface area contributed by atoms with Crippen molar-refractivity contribution >= 4 is 11.9 Å². The van der Waals surface area contributed by atoms with Crippen LogP contribution >= 0.6 is 0 Å². The van der Waals surface area contributed by atoms with Gasteiger partial charge >= 0.3 is 6.03 Å². The highest BCUT2D eigenvalue weighted by atomic mass is 16.5. The first-order valence-electron chi connectivity index (χ1n) is 14.9. The fourth-order valence-electron chi connectivity index (χ4n) is 6.15. The number of nitrogens with zero attached hydrogens (tertiary/aromatic N) is 4. The van der Waals surface area contributed by atoms with Crippen LogP contribution in [-0.4, -0.2) is 76.8 Å². The second kappa shape index (κ2) is 14.5. The Labute approximate surface area is 238 Å². The van der Waals surface area contributed by atoms with Gasteiger partial charge in [0.25, 0.3) is 0 Å². The molecule has 4 rings (SSSR count). The van der Waals surface area contributed by atoms with E-state index in [0.717, 1.165) is 42.9 Å². The minimum absolute atomic E-state index is 0.0485. The van der Waals surface area contributed by atoms with E-state index >= 15 is 0 Å². The van der Waals surface area contributed by atoms with Crippen LogP contribution in [0.25, 0.3) is 0 Å². The fourth-order valence-corrected chi connectivity index (χ4v) is 6.15. The lowest BCUT2D eigenvalue weighted by Crippen LogP contribution is -2.57. The van der Waals surface area contributed by atoms with Crippen LogP contribution in [0, 0.1) is 5.92 Å². The van der Waals surface area contributed by atoms with Crippen LogP contribution in [0.1, 0.15) is 69.5 Å². The average Bonchev–Trinajstić information content (AvgIpc) is 3.41. The van der Waals surface area contributed by atoms with Gasteiger partial charge in [0.05, 0.1) is 18.4 Å². The number of hydrogen-bond donors (Lipinski definition) is 2. The van der Waals surface area contributed by atoms with Gasteiger partial charge < -0.3 is 25.0 Å². The lowest BCUT2D eigenvalue weighted by Gasteiger charge is -2.48. The quantitative estimate of drug-likeness (QED) is 0.415. The normalized spacial score (nSPS) is 18.2. The van der Waals surface area contributed by atoms with E-state index in [4.69, 9.17) is 9.47 Å². The Morgan fingerprint density at radius 1 is 1.12 bits per heavy atom. The van der Waals surface area contributed by atoms with Gasteiger partial charge in [-0.1, -0.05) is 43.5 Å². The molecule has 1 atom stereocenters. The topological polar surface area (TPSA) is 111 Å². The molecule has 220 valence electrons. The maximum absolute atomic E-state index is 13.9. The zero-order chi connectivity index (χ0) is 28.4. The number of carbonyl (C=O) groups is 2. The summed E-state index contributed by atoms with van der Waals surface area (Å²) in [5.41, 5.74) is 1.62. The minimum atomic E-state index is -0.677. The van der Waals surface area contributed by atoms with E-state index in [-0.39, 0.29) is 17.5 Å². The van der Waals surface area contributed by atoms with Crippen molar-refractivity contribution in [2.75, 3.05) is 33.4 Å². The van der Waals surface area contributed by atoms with Crippen molar-refractivity contribution in [3.05, 3.63) is 41.7 Å². The Morgan fingerprint density at radius 3 is 2.48 bits per heavy atom. The number of methoxy groups -OCH3 is 1. The molecular formula is C30H46N6O4. The third-order valence-electron chi connectivity index (χ3n) is 8.38. The molecule has 2 aliphatic rings. The maximum atomic E-state index is 13.9. The molecule has 10 heteroatoms. The van der Waals surface area contributed by atoms with Gasteiger partial charge in [-0.15, -0.1) is 5.10 Å². The molecule has 10 nitrogen and oxygen atoms in total. The number of hydrogen-bond acceptors (Lipinski definition) is 6. The number of likely N-dealkylation sites (tertiary alicyclic amines) is 1. The predicted molar refractivity (Wildman–Crippen MR) is 153 cm³/mol. The molecule has 1 aromatic heterocycles. The van der Waals surface area contributed by atoms with Gasteiger partial charge in [-0.25, -0.2) is 4.79 Å². The molecule has 1 saturated carbocycles. The summed E-state index contributed by atoms with van der Waals surface area (Å²) in [6.07, 6.45) is 11.8. The van der Waals surface area contributed by atoms with E-state index in [1.54, 1.807) is 11.8 Å². The van der Waals surface area contributed by atoms with Crippen LogP contribution in [0.15, 0.2) is 30.5 Å². The van der Waals surface area contributed by atoms with Crippen molar-refractivity contribution in [2.45, 2.75) is 82.8 Å². The van der Waals surface area contributed by atoms with E-state index < -0.39 is 6.04 Å². The van der Waals surface area contributed by atoms with Gasteiger partial charge in [0.2, 0.25) is 5.91 Å². The summed E-state index contributed by atoms with van der Waals surface area (Å²) in [7, 11) is 3.43. The highest BCUT2D eigenvalue weighted by Crippen LogP contribution is 2.42. The summed E-state index contributed by atoms with van der Waals surface area (Å²) in [5, 5.41) is 13.8. The molecule has 2 N–H and O–H groups in total. The predicted octanol–water partition coefficient (Wildman–Crippen LogP) is 3.64. The number of aromatic nitrogens is 3. The number of piperidine rings is 1. The van der Waals surface area contributed by atoms with Crippen molar-refractivity contribution in [1.29, 1.82) is 0 Å². The summed E-state index contributed by atoms with van der Waals surface area (Å²) >= 11 is 0. The molecule has 1 aromatic carbocycles. The third-order valence-corrected chi connectivity index (χ3v) is 8.38. The van der Waals surface area contributed by atoms with Crippen LogP contribution < -0.4 is 15.4 Å². The SMILES string of the molecule is CCCOC1(C2CCCCC2)CCN(C(=O)[C@@H](Cc2ccc(OC)cc2)NC(=O)NCCc2cn(C)nn2)CC1. The zero-order valence-corrected chi connectivity index (χ0v) is 24.4. The largest absolute Gasteiger partial charge is 0.497 e. The molecule has 2 fully saturated rings. The van der Waals surface area contributed by atoms with Crippen LogP contribution in [0.5, 0.6) is 5.75 Å². The van der Waals surface area contributed by atoms with Crippen molar-refractivity contribution in [2.24, 2.45) is 13.0 Å². The minimum Gasteiger partial charge on any atom is -0.497 e. The molecule has 0 radical (unpaired) electrons. The number of urea groups is 1.